The van der Waals surface area contributed by atoms with Crippen LogP contribution in [0.4, 0.5) is 17.6 Å². The standard InChI is InChI=1S/C24H26F4N2O/c25-21-9-5-7-18(13-21)23(31)30-15-19(14-29-10-2-1-3-11-29)22(16-30)17-6-4-8-20(12-17)24(26,27)28/h4-9,12-13,19,22H,1-3,10-11,14-16H2/t19-,22+/m0/s1. The van der Waals surface area contributed by atoms with E-state index >= 15 is 0 Å². The number of amides is 1. The molecule has 0 saturated carbocycles. The molecule has 0 aliphatic carbocycles. The van der Waals surface area contributed by atoms with E-state index in [0.717, 1.165) is 38.5 Å². The van der Waals surface area contributed by atoms with Crippen LogP contribution in [0.15, 0.2) is 48.5 Å². The van der Waals surface area contributed by atoms with Crippen LogP contribution in [0.3, 0.4) is 0 Å². The van der Waals surface area contributed by atoms with Gasteiger partial charge in [0.1, 0.15) is 5.82 Å². The Labute approximate surface area is 179 Å². The van der Waals surface area contributed by atoms with Gasteiger partial charge in [0.25, 0.3) is 5.91 Å². The van der Waals surface area contributed by atoms with E-state index in [9.17, 15) is 22.4 Å². The minimum absolute atomic E-state index is 0.0269. The van der Waals surface area contributed by atoms with Crippen molar-refractivity contribution in [2.45, 2.75) is 31.4 Å². The second-order valence-corrected chi connectivity index (χ2v) is 8.57. The summed E-state index contributed by atoms with van der Waals surface area (Å²) in [6.45, 7) is 3.48. The molecule has 0 spiro atoms. The van der Waals surface area contributed by atoms with Crippen molar-refractivity contribution >= 4 is 5.91 Å². The maximum atomic E-state index is 13.6. The van der Waals surface area contributed by atoms with Crippen LogP contribution in [0.1, 0.15) is 46.7 Å². The summed E-state index contributed by atoms with van der Waals surface area (Å²) in [5, 5.41) is 0. The third-order valence-corrected chi connectivity index (χ3v) is 6.38. The fourth-order valence-electron chi connectivity index (χ4n) is 4.82. The molecule has 0 radical (unpaired) electrons. The van der Waals surface area contributed by atoms with Crippen molar-refractivity contribution in [3.05, 3.63) is 71.0 Å². The van der Waals surface area contributed by atoms with E-state index in [0.29, 0.717) is 18.7 Å². The third kappa shape index (κ3) is 5.09. The van der Waals surface area contributed by atoms with E-state index in [1.54, 1.807) is 17.0 Å². The van der Waals surface area contributed by atoms with Crippen molar-refractivity contribution in [1.29, 1.82) is 0 Å². The second-order valence-electron chi connectivity index (χ2n) is 8.57. The molecule has 2 aliphatic heterocycles. The number of carbonyl (C=O) groups is 1. The van der Waals surface area contributed by atoms with Crippen molar-refractivity contribution < 1.29 is 22.4 Å². The van der Waals surface area contributed by atoms with Crippen LogP contribution in [-0.4, -0.2) is 48.4 Å². The number of halogens is 4. The molecule has 4 rings (SSSR count). The lowest BCUT2D eigenvalue weighted by Crippen LogP contribution is -2.36. The molecule has 0 aromatic heterocycles. The van der Waals surface area contributed by atoms with Gasteiger partial charge < -0.3 is 9.80 Å². The number of hydrogen-bond donors (Lipinski definition) is 0. The first-order valence-corrected chi connectivity index (χ1v) is 10.8. The minimum atomic E-state index is -4.41. The van der Waals surface area contributed by atoms with E-state index < -0.39 is 17.6 Å². The van der Waals surface area contributed by atoms with Crippen LogP contribution in [0.2, 0.25) is 0 Å². The minimum Gasteiger partial charge on any atom is -0.338 e. The Balaban J connectivity index is 1.59. The normalized spacial score (nSPS) is 22.6. The molecule has 2 saturated heterocycles. The zero-order valence-electron chi connectivity index (χ0n) is 17.2. The van der Waals surface area contributed by atoms with Gasteiger partial charge in [-0.3, -0.25) is 4.79 Å². The number of alkyl halides is 3. The highest BCUT2D eigenvalue weighted by Gasteiger charge is 2.39. The molecule has 2 aromatic rings. The molecule has 166 valence electrons. The molecule has 2 aromatic carbocycles. The van der Waals surface area contributed by atoms with Gasteiger partial charge in [-0.25, -0.2) is 4.39 Å². The number of nitrogens with zero attached hydrogens (tertiary/aromatic N) is 2. The highest BCUT2D eigenvalue weighted by atomic mass is 19.4. The quantitative estimate of drug-likeness (QED) is 0.619. The molecule has 7 heteroatoms. The summed E-state index contributed by atoms with van der Waals surface area (Å²) in [6.07, 6.45) is -0.976. The SMILES string of the molecule is O=C(c1cccc(F)c1)N1C[C@H](CN2CCCCC2)[C@@H](c2cccc(C(F)(F)F)c2)C1. The highest BCUT2D eigenvalue weighted by molar-refractivity contribution is 5.94. The summed E-state index contributed by atoms with van der Waals surface area (Å²) in [6, 6.07) is 11.0. The Hall–Kier alpha value is -2.41. The van der Waals surface area contributed by atoms with Crippen LogP contribution in [0.25, 0.3) is 0 Å². The van der Waals surface area contributed by atoms with Crippen LogP contribution in [0.5, 0.6) is 0 Å². The van der Waals surface area contributed by atoms with Crippen LogP contribution in [0, 0.1) is 11.7 Å². The zero-order valence-corrected chi connectivity index (χ0v) is 17.2. The molecular formula is C24H26F4N2O. The Morgan fingerprint density at radius 1 is 0.968 bits per heavy atom. The number of carbonyl (C=O) groups excluding carboxylic acids is 1. The Morgan fingerprint density at radius 2 is 1.71 bits per heavy atom. The first-order chi connectivity index (χ1) is 14.8. The summed E-state index contributed by atoms with van der Waals surface area (Å²) in [7, 11) is 0. The summed E-state index contributed by atoms with van der Waals surface area (Å²) in [4.78, 5) is 17.0. The summed E-state index contributed by atoms with van der Waals surface area (Å²) in [5.74, 6) is -0.928. The molecule has 1 amide bonds. The Bertz CT molecular complexity index is 924. The Morgan fingerprint density at radius 3 is 2.42 bits per heavy atom. The molecule has 0 unspecified atom stereocenters. The van der Waals surface area contributed by atoms with E-state index in [2.05, 4.69) is 4.90 Å². The third-order valence-electron chi connectivity index (χ3n) is 6.38. The second kappa shape index (κ2) is 8.99. The van der Waals surface area contributed by atoms with Gasteiger partial charge >= 0.3 is 6.18 Å². The molecule has 0 N–H and O–H groups in total. The van der Waals surface area contributed by atoms with Crippen LogP contribution >= 0.6 is 0 Å². The van der Waals surface area contributed by atoms with E-state index in [1.807, 2.05) is 0 Å². The van der Waals surface area contributed by atoms with Crippen molar-refractivity contribution in [1.82, 2.24) is 9.80 Å². The lowest BCUT2D eigenvalue weighted by atomic mass is 9.87. The first kappa shape index (κ1) is 21.8. The maximum Gasteiger partial charge on any atom is 0.416 e. The fraction of sp³-hybridized carbons (Fsp3) is 0.458. The lowest BCUT2D eigenvalue weighted by molar-refractivity contribution is -0.137. The number of piperidine rings is 1. The van der Waals surface area contributed by atoms with Gasteiger partial charge in [0.05, 0.1) is 5.56 Å². The predicted molar refractivity (Wildman–Crippen MR) is 110 cm³/mol. The maximum absolute atomic E-state index is 13.6. The number of likely N-dealkylation sites (tertiary alicyclic amines) is 2. The summed E-state index contributed by atoms with van der Waals surface area (Å²) < 4.78 is 53.5. The number of hydrogen-bond acceptors (Lipinski definition) is 2. The van der Waals surface area contributed by atoms with E-state index in [1.165, 1.54) is 36.8 Å². The van der Waals surface area contributed by atoms with E-state index in [4.69, 9.17) is 0 Å². The van der Waals surface area contributed by atoms with Crippen LogP contribution in [-0.2, 0) is 6.18 Å². The fourth-order valence-corrected chi connectivity index (χ4v) is 4.82. The Kier molecular flexibility index (Phi) is 6.32. The van der Waals surface area contributed by atoms with Crippen molar-refractivity contribution in [3.63, 3.8) is 0 Å². The smallest absolute Gasteiger partial charge is 0.338 e. The molecule has 2 fully saturated rings. The van der Waals surface area contributed by atoms with Crippen LogP contribution < -0.4 is 0 Å². The van der Waals surface area contributed by atoms with Crippen molar-refractivity contribution in [3.8, 4) is 0 Å². The molecule has 31 heavy (non-hydrogen) atoms. The van der Waals surface area contributed by atoms with Gasteiger partial charge in [0, 0.05) is 31.1 Å². The van der Waals surface area contributed by atoms with Gasteiger partial charge in [-0.2, -0.15) is 13.2 Å². The predicted octanol–water partition coefficient (Wildman–Crippen LogP) is 5.19. The molecule has 2 aliphatic rings. The van der Waals surface area contributed by atoms with Gasteiger partial charge in [-0.1, -0.05) is 30.7 Å². The van der Waals surface area contributed by atoms with Crippen molar-refractivity contribution in [2.75, 3.05) is 32.7 Å². The number of rotatable bonds is 4. The molecule has 3 nitrogen and oxygen atoms in total. The highest BCUT2D eigenvalue weighted by Crippen LogP contribution is 2.37. The monoisotopic (exact) mass is 434 g/mol. The van der Waals surface area contributed by atoms with Gasteiger partial charge in [-0.05, 0) is 61.7 Å². The van der Waals surface area contributed by atoms with Gasteiger partial charge in [0.15, 0.2) is 0 Å². The van der Waals surface area contributed by atoms with E-state index in [-0.39, 0.29) is 23.3 Å². The largest absolute Gasteiger partial charge is 0.416 e. The van der Waals surface area contributed by atoms with Gasteiger partial charge in [-0.15, -0.1) is 0 Å². The molecule has 2 atom stereocenters. The van der Waals surface area contributed by atoms with Crippen molar-refractivity contribution in [2.24, 2.45) is 5.92 Å². The zero-order chi connectivity index (χ0) is 22.0. The summed E-state index contributed by atoms with van der Waals surface area (Å²) in [5.41, 5.74) is 0.199. The topological polar surface area (TPSA) is 23.6 Å². The van der Waals surface area contributed by atoms with Gasteiger partial charge in [0.2, 0.25) is 0 Å². The molecule has 0 bridgehead atoms. The first-order valence-electron chi connectivity index (χ1n) is 10.8. The molecular weight excluding hydrogens is 408 g/mol. The molecule has 2 heterocycles. The average molecular weight is 434 g/mol. The lowest BCUT2D eigenvalue weighted by Gasteiger charge is -2.31. The summed E-state index contributed by atoms with van der Waals surface area (Å²) >= 11 is 0. The average Bonchev–Trinajstić information content (AvgIpc) is 3.17. The number of benzene rings is 2.